The number of hydrogen-bond donors (Lipinski definition) is 1. The van der Waals surface area contributed by atoms with E-state index in [0.717, 1.165) is 37.1 Å². The Bertz CT molecular complexity index is 466. The third-order valence-corrected chi connectivity index (χ3v) is 4.50. The van der Waals surface area contributed by atoms with Crippen LogP contribution in [0.2, 0.25) is 0 Å². The number of amides is 1. The van der Waals surface area contributed by atoms with Gasteiger partial charge in [-0.05, 0) is 50.8 Å². The summed E-state index contributed by atoms with van der Waals surface area (Å²) < 4.78 is 0. The summed E-state index contributed by atoms with van der Waals surface area (Å²) in [6.07, 6.45) is 4.74. The van der Waals surface area contributed by atoms with Crippen LogP contribution in [0.4, 0.5) is 0 Å². The molecule has 0 aromatic heterocycles. The van der Waals surface area contributed by atoms with Gasteiger partial charge in [0.25, 0.3) is 5.91 Å². The summed E-state index contributed by atoms with van der Waals surface area (Å²) in [6, 6.07) is 8.83. The van der Waals surface area contributed by atoms with Gasteiger partial charge in [0.2, 0.25) is 0 Å². The van der Waals surface area contributed by atoms with Crippen LogP contribution in [-0.2, 0) is 0 Å². The number of aryl methyl sites for hydroxylation is 1. The van der Waals surface area contributed by atoms with E-state index in [9.17, 15) is 4.79 Å². The Morgan fingerprint density at radius 2 is 2.11 bits per heavy atom. The zero-order valence-electron chi connectivity index (χ0n) is 11.6. The van der Waals surface area contributed by atoms with Gasteiger partial charge in [-0.1, -0.05) is 18.2 Å². The highest BCUT2D eigenvalue weighted by Crippen LogP contribution is 2.27. The van der Waals surface area contributed by atoms with Gasteiger partial charge < -0.3 is 10.2 Å². The second-order valence-electron chi connectivity index (χ2n) is 5.73. The Morgan fingerprint density at radius 3 is 2.84 bits per heavy atom. The first kappa shape index (κ1) is 12.7. The van der Waals surface area contributed by atoms with Gasteiger partial charge in [-0.2, -0.15) is 0 Å². The van der Waals surface area contributed by atoms with E-state index in [2.05, 4.69) is 10.2 Å². The monoisotopic (exact) mass is 258 g/mol. The molecule has 102 valence electrons. The van der Waals surface area contributed by atoms with Crippen molar-refractivity contribution in [3.63, 3.8) is 0 Å². The maximum Gasteiger partial charge on any atom is 0.254 e. The van der Waals surface area contributed by atoms with Crippen LogP contribution in [0, 0.1) is 6.92 Å². The minimum absolute atomic E-state index is 0.217. The van der Waals surface area contributed by atoms with Crippen molar-refractivity contribution < 1.29 is 4.79 Å². The molecule has 0 aliphatic carbocycles. The van der Waals surface area contributed by atoms with Gasteiger partial charge >= 0.3 is 0 Å². The van der Waals surface area contributed by atoms with E-state index in [1.54, 1.807) is 0 Å². The molecule has 2 atom stereocenters. The Hall–Kier alpha value is -1.35. The topological polar surface area (TPSA) is 32.3 Å². The number of rotatable bonds is 2. The van der Waals surface area contributed by atoms with E-state index >= 15 is 0 Å². The zero-order chi connectivity index (χ0) is 13.2. The van der Waals surface area contributed by atoms with Gasteiger partial charge in [0, 0.05) is 24.2 Å². The molecule has 3 rings (SSSR count). The summed E-state index contributed by atoms with van der Waals surface area (Å²) in [5, 5.41) is 3.56. The number of nitrogens with zero attached hydrogens (tertiary/aromatic N) is 1. The predicted molar refractivity (Wildman–Crippen MR) is 76.3 cm³/mol. The number of carbonyl (C=O) groups excluding carboxylic acids is 1. The van der Waals surface area contributed by atoms with Gasteiger partial charge in [0.1, 0.15) is 0 Å². The number of hydrogen-bond acceptors (Lipinski definition) is 2. The first-order valence-corrected chi connectivity index (χ1v) is 7.37. The van der Waals surface area contributed by atoms with Crippen LogP contribution in [0.5, 0.6) is 0 Å². The molecule has 0 bridgehead atoms. The van der Waals surface area contributed by atoms with Gasteiger partial charge in [-0.3, -0.25) is 4.79 Å². The van der Waals surface area contributed by atoms with E-state index in [-0.39, 0.29) is 5.91 Å². The molecule has 1 aromatic rings. The second-order valence-corrected chi connectivity index (χ2v) is 5.73. The molecule has 1 aromatic carbocycles. The van der Waals surface area contributed by atoms with E-state index in [1.165, 1.54) is 12.8 Å². The fourth-order valence-corrected chi connectivity index (χ4v) is 3.47. The van der Waals surface area contributed by atoms with Crippen LogP contribution in [0.25, 0.3) is 0 Å². The maximum atomic E-state index is 12.7. The minimum Gasteiger partial charge on any atom is -0.334 e. The van der Waals surface area contributed by atoms with E-state index in [4.69, 9.17) is 0 Å². The molecule has 2 heterocycles. The summed E-state index contributed by atoms with van der Waals surface area (Å²) in [7, 11) is 0. The molecule has 2 fully saturated rings. The molecular formula is C16H22N2O. The number of likely N-dealkylation sites (tertiary alicyclic amines) is 1. The van der Waals surface area contributed by atoms with Crippen molar-refractivity contribution in [3.8, 4) is 0 Å². The number of carbonyl (C=O) groups is 1. The summed E-state index contributed by atoms with van der Waals surface area (Å²) in [5.41, 5.74) is 1.95. The molecule has 1 N–H and O–H groups in total. The average molecular weight is 258 g/mol. The lowest BCUT2D eigenvalue weighted by Gasteiger charge is -2.30. The normalized spacial score (nSPS) is 26.9. The van der Waals surface area contributed by atoms with Crippen LogP contribution >= 0.6 is 0 Å². The summed E-state index contributed by atoms with van der Waals surface area (Å²) in [4.78, 5) is 14.8. The van der Waals surface area contributed by atoms with Gasteiger partial charge in [0.05, 0.1) is 0 Å². The molecule has 0 spiro atoms. The fraction of sp³-hybridized carbons (Fsp3) is 0.562. The highest BCUT2D eigenvalue weighted by Gasteiger charge is 2.36. The zero-order valence-corrected chi connectivity index (χ0v) is 11.6. The van der Waals surface area contributed by atoms with Crippen LogP contribution in [0.3, 0.4) is 0 Å². The van der Waals surface area contributed by atoms with E-state index in [1.807, 2.05) is 31.2 Å². The molecule has 0 radical (unpaired) electrons. The van der Waals surface area contributed by atoms with Crippen molar-refractivity contribution in [1.82, 2.24) is 10.2 Å². The first-order chi connectivity index (χ1) is 9.27. The van der Waals surface area contributed by atoms with Crippen molar-refractivity contribution in [2.45, 2.75) is 44.7 Å². The fourth-order valence-electron chi connectivity index (χ4n) is 3.47. The summed E-state index contributed by atoms with van der Waals surface area (Å²) in [5.74, 6) is 0.217. The lowest BCUT2D eigenvalue weighted by atomic mass is 10.0. The van der Waals surface area contributed by atoms with Crippen LogP contribution in [-0.4, -0.2) is 36.0 Å². The SMILES string of the molecule is Cc1ccccc1C(=O)N1CCCC1C1CCCN1. The third-order valence-electron chi connectivity index (χ3n) is 4.50. The molecule has 2 aliphatic heterocycles. The largest absolute Gasteiger partial charge is 0.334 e. The number of benzene rings is 1. The minimum atomic E-state index is 0.217. The highest BCUT2D eigenvalue weighted by molar-refractivity contribution is 5.96. The van der Waals surface area contributed by atoms with Gasteiger partial charge in [-0.15, -0.1) is 0 Å². The summed E-state index contributed by atoms with van der Waals surface area (Å²) in [6.45, 7) is 4.04. The van der Waals surface area contributed by atoms with Gasteiger partial charge in [-0.25, -0.2) is 0 Å². The van der Waals surface area contributed by atoms with Crippen molar-refractivity contribution in [2.75, 3.05) is 13.1 Å². The molecule has 3 heteroatoms. The molecule has 2 unspecified atom stereocenters. The van der Waals surface area contributed by atoms with Crippen molar-refractivity contribution in [2.24, 2.45) is 0 Å². The molecule has 0 saturated carbocycles. The Balaban J connectivity index is 1.80. The predicted octanol–water partition coefficient (Wildman–Crippen LogP) is 2.35. The quantitative estimate of drug-likeness (QED) is 0.883. The van der Waals surface area contributed by atoms with Crippen molar-refractivity contribution in [1.29, 1.82) is 0 Å². The van der Waals surface area contributed by atoms with E-state index in [0.29, 0.717) is 12.1 Å². The molecule has 19 heavy (non-hydrogen) atoms. The van der Waals surface area contributed by atoms with Gasteiger partial charge in [0.15, 0.2) is 0 Å². The molecule has 2 saturated heterocycles. The van der Waals surface area contributed by atoms with Crippen molar-refractivity contribution in [3.05, 3.63) is 35.4 Å². The highest BCUT2D eigenvalue weighted by atomic mass is 16.2. The second kappa shape index (κ2) is 5.33. The lowest BCUT2D eigenvalue weighted by Crippen LogP contribution is -2.46. The third kappa shape index (κ3) is 2.39. The Morgan fingerprint density at radius 1 is 1.26 bits per heavy atom. The first-order valence-electron chi connectivity index (χ1n) is 7.37. The van der Waals surface area contributed by atoms with Crippen molar-refractivity contribution >= 4 is 5.91 Å². The molecular weight excluding hydrogens is 236 g/mol. The number of nitrogens with one attached hydrogen (secondary N) is 1. The van der Waals surface area contributed by atoms with Crippen LogP contribution in [0.1, 0.15) is 41.6 Å². The Kier molecular flexibility index (Phi) is 3.56. The lowest BCUT2D eigenvalue weighted by molar-refractivity contribution is 0.0710. The maximum absolute atomic E-state index is 12.7. The van der Waals surface area contributed by atoms with Crippen LogP contribution < -0.4 is 5.32 Å². The molecule has 1 amide bonds. The molecule has 3 nitrogen and oxygen atoms in total. The average Bonchev–Trinajstić information content (AvgIpc) is 3.09. The van der Waals surface area contributed by atoms with Crippen LogP contribution in [0.15, 0.2) is 24.3 Å². The summed E-state index contributed by atoms with van der Waals surface area (Å²) >= 11 is 0. The smallest absolute Gasteiger partial charge is 0.254 e. The Labute approximate surface area is 115 Å². The molecule has 2 aliphatic rings. The van der Waals surface area contributed by atoms with E-state index < -0.39 is 0 Å². The standard InChI is InChI=1S/C16H22N2O/c1-12-6-2-3-7-13(12)16(19)18-11-5-9-15(18)14-8-4-10-17-14/h2-3,6-7,14-15,17H,4-5,8-11H2,1H3.